The zero-order valence-corrected chi connectivity index (χ0v) is 22.5. The summed E-state index contributed by atoms with van der Waals surface area (Å²) in [6.45, 7) is 1.28. The van der Waals surface area contributed by atoms with Crippen molar-refractivity contribution in [3.05, 3.63) is 59.1 Å². The Hall–Kier alpha value is -2.78. The highest BCUT2D eigenvalue weighted by Gasteiger charge is 2.32. The molecular weight excluding hydrogens is 502 g/mol. The normalized spacial score (nSPS) is 15.1. The molecule has 0 bridgehead atoms. The van der Waals surface area contributed by atoms with E-state index in [0.29, 0.717) is 10.8 Å². The lowest BCUT2D eigenvalue weighted by Crippen LogP contribution is -2.53. The first-order valence-electron chi connectivity index (χ1n) is 12.0. The third-order valence-electron chi connectivity index (χ3n) is 6.39. The van der Waals surface area contributed by atoms with Gasteiger partial charge in [0.15, 0.2) is 0 Å². The van der Waals surface area contributed by atoms with Crippen LogP contribution in [0.25, 0.3) is 0 Å². The molecular formula is C26H34ClN3O5S. The average Bonchev–Trinajstić information content (AvgIpc) is 2.85. The van der Waals surface area contributed by atoms with Crippen LogP contribution < -0.4 is 14.4 Å². The maximum atomic E-state index is 13.7. The number of carbonyl (C=O) groups is 2. The highest BCUT2D eigenvalue weighted by molar-refractivity contribution is 7.92. The van der Waals surface area contributed by atoms with Gasteiger partial charge in [0.05, 0.1) is 19.1 Å². The maximum absolute atomic E-state index is 13.7. The second-order valence-corrected chi connectivity index (χ2v) is 11.5. The summed E-state index contributed by atoms with van der Waals surface area (Å²) in [6.07, 6.45) is 6.14. The summed E-state index contributed by atoms with van der Waals surface area (Å²) in [5.74, 6) is -0.460. The first-order valence-corrected chi connectivity index (χ1v) is 14.3. The number of rotatable bonds is 10. The number of amides is 2. The lowest BCUT2D eigenvalue weighted by Gasteiger charge is -2.33. The Balaban J connectivity index is 1.89. The molecule has 0 saturated heterocycles. The third-order valence-corrected chi connectivity index (χ3v) is 7.76. The Bertz CT molecular complexity index is 1170. The van der Waals surface area contributed by atoms with Gasteiger partial charge in [0.25, 0.3) is 0 Å². The predicted octanol–water partition coefficient (Wildman–Crippen LogP) is 3.98. The van der Waals surface area contributed by atoms with Crippen LogP contribution in [0.1, 0.15) is 44.6 Å². The van der Waals surface area contributed by atoms with Gasteiger partial charge in [0, 0.05) is 17.6 Å². The molecule has 2 aromatic rings. The first-order chi connectivity index (χ1) is 17.1. The number of para-hydroxylation sites is 2. The molecule has 196 valence electrons. The third kappa shape index (κ3) is 7.36. The number of anilines is 1. The smallest absolute Gasteiger partial charge is 0.244 e. The molecule has 0 aliphatic heterocycles. The Morgan fingerprint density at radius 1 is 1.11 bits per heavy atom. The van der Waals surface area contributed by atoms with Crippen molar-refractivity contribution in [3.63, 3.8) is 0 Å². The second kappa shape index (κ2) is 12.5. The molecule has 36 heavy (non-hydrogen) atoms. The number of methoxy groups -OCH3 is 1. The van der Waals surface area contributed by atoms with Crippen molar-refractivity contribution >= 4 is 39.1 Å². The summed E-state index contributed by atoms with van der Waals surface area (Å²) in [5.41, 5.74) is 0.981. The van der Waals surface area contributed by atoms with E-state index in [2.05, 4.69) is 5.32 Å². The van der Waals surface area contributed by atoms with Gasteiger partial charge in [-0.1, -0.05) is 55.1 Å². The second-order valence-electron chi connectivity index (χ2n) is 9.11. The van der Waals surface area contributed by atoms with E-state index in [0.717, 1.165) is 48.2 Å². The summed E-state index contributed by atoms with van der Waals surface area (Å²) < 4.78 is 31.8. The highest BCUT2D eigenvalue weighted by Crippen LogP contribution is 2.30. The van der Waals surface area contributed by atoms with Crippen LogP contribution in [0.5, 0.6) is 5.75 Å². The number of hydrogen-bond acceptors (Lipinski definition) is 5. The van der Waals surface area contributed by atoms with Crippen molar-refractivity contribution < 1.29 is 22.7 Å². The van der Waals surface area contributed by atoms with E-state index >= 15 is 0 Å². The minimum absolute atomic E-state index is 0.0814. The van der Waals surface area contributed by atoms with Gasteiger partial charge < -0.3 is 15.0 Å². The molecule has 1 atom stereocenters. The lowest BCUT2D eigenvalue weighted by atomic mass is 9.95. The molecule has 2 aromatic carbocycles. The molecule has 0 spiro atoms. The summed E-state index contributed by atoms with van der Waals surface area (Å²) >= 11 is 6.15. The molecule has 1 N–H and O–H groups in total. The molecule has 0 radical (unpaired) electrons. The molecule has 1 saturated carbocycles. The molecule has 1 aliphatic carbocycles. The highest BCUT2D eigenvalue weighted by atomic mass is 35.5. The van der Waals surface area contributed by atoms with Crippen LogP contribution in [-0.2, 0) is 26.2 Å². The largest absolute Gasteiger partial charge is 0.495 e. The monoisotopic (exact) mass is 535 g/mol. The van der Waals surface area contributed by atoms with Crippen LogP contribution in [-0.4, -0.2) is 57.1 Å². The maximum Gasteiger partial charge on any atom is 0.244 e. The van der Waals surface area contributed by atoms with Crippen molar-refractivity contribution in [2.24, 2.45) is 0 Å². The van der Waals surface area contributed by atoms with Gasteiger partial charge in [-0.3, -0.25) is 13.9 Å². The van der Waals surface area contributed by atoms with Gasteiger partial charge in [-0.15, -0.1) is 0 Å². The minimum Gasteiger partial charge on any atom is -0.495 e. The fraction of sp³-hybridized carbons (Fsp3) is 0.462. The molecule has 10 heteroatoms. The number of benzene rings is 2. The zero-order valence-electron chi connectivity index (χ0n) is 20.9. The van der Waals surface area contributed by atoms with E-state index in [4.69, 9.17) is 16.3 Å². The van der Waals surface area contributed by atoms with Gasteiger partial charge >= 0.3 is 0 Å². The summed E-state index contributed by atoms with van der Waals surface area (Å²) in [4.78, 5) is 28.3. The van der Waals surface area contributed by atoms with Crippen molar-refractivity contribution in [2.75, 3.05) is 24.2 Å². The van der Waals surface area contributed by atoms with E-state index in [-0.39, 0.29) is 24.2 Å². The standard InChI is InChI=1S/C26H34ClN3O5S/c1-19(26(32)28-22-12-5-4-6-13-22)29(17-20-10-9-11-21(27)16-20)25(31)18-30(36(3,33)34)23-14-7-8-15-24(23)35-2/h7-11,14-16,19,22H,4-6,12-13,17-18H2,1-3H3,(H,28,32). The van der Waals surface area contributed by atoms with Crippen LogP contribution in [0.2, 0.25) is 5.02 Å². The number of carbonyl (C=O) groups excluding carboxylic acids is 2. The Kier molecular flexibility index (Phi) is 9.62. The van der Waals surface area contributed by atoms with Gasteiger partial charge in [0.1, 0.15) is 18.3 Å². The molecule has 8 nitrogen and oxygen atoms in total. The fourth-order valence-corrected chi connectivity index (χ4v) is 5.48. The van der Waals surface area contributed by atoms with Crippen LogP contribution in [0.4, 0.5) is 5.69 Å². The van der Waals surface area contributed by atoms with Gasteiger partial charge in [-0.2, -0.15) is 0 Å². The van der Waals surface area contributed by atoms with E-state index in [1.54, 1.807) is 49.4 Å². The summed E-state index contributed by atoms with van der Waals surface area (Å²) in [5, 5.41) is 3.58. The van der Waals surface area contributed by atoms with Gasteiger partial charge in [-0.25, -0.2) is 8.42 Å². The molecule has 3 rings (SSSR count). The number of halogens is 1. The Labute approximate surface area is 218 Å². The van der Waals surface area contributed by atoms with Gasteiger partial charge in [-0.05, 0) is 49.6 Å². The molecule has 2 amide bonds. The molecule has 0 heterocycles. The summed E-state index contributed by atoms with van der Waals surface area (Å²) in [6, 6.07) is 12.9. The average molecular weight is 536 g/mol. The lowest BCUT2D eigenvalue weighted by molar-refractivity contribution is -0.139. The van der Waals surface area contributed by atoms with Crippen molar-refractivity contribution in [1.82, 2.24) is 10.2 Å². The van der Waals surface area contributed by atoms with E-state index in [1.165, 1.54) is 12.0 Å². The molecule has 1 aliphatic rings. The predicted molar refractivity (Wildman–Crippen MR) is 142 cm³/mol. The Morgan fingerprint density at radius 2 is 1.81 bits per heavy atom. The number of ether oxygens (including phenoxy) is 1. The van der Waals surface area contributed by atoms with Crippen molar-refractivity contribution in [1.29, 1.82) is 0 Å². The first kappa shape index (κ1) is 27.8. The van der Waals surface area contributed by atoms with Crippen LogP contribution in [0, 0.1) is 0 Å². The SMILES string of the molecule is COc1ccccc1N(CC(=O)N(Cc1cccc(Cl)c1)C(C)C(=O)NC1CCCCC1)S(C)(=O)=O. The fourth-order valence-electron chi connectivity index (χ4n) is 4.41. The van der Waals surface area contributed by atoms with Crippen molar-refractivity contribution in [2.45, 2.75) is 57.7 Å². The molecule has 1 unspecified atom stereocenters. The Morgan fingerprint density at radius 3 is 2.44 bits per heavy atom. The zero-order chi connectivity index (χ0) is 26.3. The van der Waals surface area contributed by atoms with E-state index in [9.17, 15) is 18.0 Å². The number of nitrogens with one attached hydrogen (secondary N) is 1. The quantitative estimate of drug-likeness (QED) is 0.496. The molecule has 1 fully saturated rings. The number of nitrogens with zero attached hydrogens (tertiary/aromatic N) is 2. The minimum atomic E-state index is -3.84. The number of sulfonamides is 1. The van der Waals surface area contributed by atoms with Crippen LogP contribution in [0.3, 0.4) is 0 Å². The van der Waals surface area contributed by atoms with E-state index < -0.39 is 28.5 Å². The summed E-state index contributed by atoms with van der Waals surface area (Å²) in [7, 11) is -2.41. The van der Waals surface area contributed by atoms with Gasteiger partial charge in [0.2, 0.25) is 21.8 Å². The van der Waals surface area contributed by atoms with Crippen molar-refractivity contribution in [3.8, 4) is 5.75 Å². The van der Waals surface area contributed by atoms with Crippen LogP contribution >= 0.6 is 11.6 Å². The molecule has 0 aromatic heterocycles. The topological polar surface area (TPSA) is 96.0 Å². The number of hydrogen-bond donors (Lipinski definition) is 1. The van der Waals surface area contributed by atoms with E-state index in [1.807, 2.05) is 6.07 Å². The van der Waals surface area contributed by atoms with Crippen LogP contribution in [0.15, 0.2) is 48.5 Å².